The Morgan fingerprint density at radius 3 is 2.56 bits per heavy atom. The second kappa shape index (κ2) is 10.3. The number of esters is 1. The Balaban J connectivity index is 1.52. The lowest BCUT2D eigenvalue weighted by molar-refractivity contribution is -0.118. The van der Waals surface area contributed by atoms with Gasteiger partial charge in [-0.05, 0) is 49.2 Å². The number of fused-ring (bicyclic) bond motifs is 1. The number of aromatic nitrogens is 2. The Labute approximate surface area is 208 Å². The van der Waals surface area contributed by atoms with Crippen molar-refractivity contribution >= 4 is 55.0 Å². The summed E-state index contributed by atoms with van der Waals surface area (Å²) in [6.07, 6.45) is 1.95. The molecule has 9 heteroatoms. The van der Waals surface area contributed by atoms with Gasteiger partial charge >= 0.3 is 5.97 Å². The number of amides is 1. The van der Waals surface area contributed by atoms with Gasteiger partial charge in [0.05, 0.1) is 18.3 Å². The highest BCUT2D eigenvalue weighted by molar-refractivity contribution is 9.10. The van der Waals surface area contributed by atoms with Gasteiger partial charge in [-0.3, -0.25) is 14.2 Å². The van der Waals surface area contributed by atoms with Crippen LogP contribution in [0.4, 0.5) is 5.69 Å². The first kappa shape index (κ1) is 23.8. The molecule has 1 N–H and O–H groups in total. The Kier molecular flexibility index (Phi) is 7.23. The molecule has 0 fully saturated rings. The molecule has 4 aromatic rings. The van der Waals surface area contributed by atoms with E-state index in [1.165, 1.54) is 10.9 Å². The number of benzene rings is 2. The summed E-state index contributed by atoms with van der Waals surface area (Å²) in [4.78, 5) is 43.8. The van der Waals surface area contributed by atoms with E-state index in [4.69, 9.17) is 4.74 Å². The maximum absolute atomic E-state index is 13.2. The fourth-order valence-electron chi connectivity index (χ4n) is 3.49. The van der Waals surface area contributed by atoms with E-state index in [1.54, 1.807) is 26.0 Å². The summed E-state index contributed by atoms with van der Waals surface area (Å²) in [5.41, 5.74) is 1.83. The van der Waals surface area contributed by atoms with Gasteiger partial charge in [-0.25, -0.2) is 9.78 Å². The lowest BCUT2D eigenvalue weighted by atomic mass is 10.2. The summed E-state index contributed by atoms with van der Waals surface area (Å²) in [5.74, 6) is -0.831. The van der Waals surface area contributed by atoms with E-state index in [2.05, 4.69) is 26.2 Å². The number of carbonyl (C=O) groups is 2. The molecule has 174 valence electrons. The first-order valence-electron chi connectivity index (χ1n) is 10.6. The smallest absolute Gasteiger partial charge is 0.348 e. The fraction of sp³-hybridized carbons (Fsp3) is 0.200. The molecule has 34 heavy (non-hydrogen) atoms. The molecule has 2 aromatic carbocycles. The third-order valence-electron chi connectivity index (χ3n) is 5.44. The minimum atomic E-state index is -0.798. The number of thiophene rings is 1. The van der Waals surface area contributed by atoms with Gasteiger partial charge in [-0.2, -0.15) is 0 Å². The van der Waals surface area contributed by atoms with Crippen molar-refractivity contribution in [3.8, 4) is 0 Å². The number of nitrogens with zero attached hydrogens (tertiary/aromatic N) is 2. The van der Waals surface area contributed by atoms with Gasteiger partial charge in [-0.1, -0.05) is 46.3 Å². The largest absolute Gasteiger partial charge is 0.461 e. The van der Waals surface area contributed by atoms with E-state index in [-0.39, 0.29) is 18.1 Å². The van der Waals surface area contributed by atoms with Crippen LogP contribution in [-0.2, 0) is 16.0 Å². The predicted molar refractivity (Wildman–Crippen MR) is 137 cm³/mol. The first-order valence-corrected chi connectivity index (χ1v) is 12.2. The third kappa shape index (κ3) is 5.10. The third-order valence-corrected chi connectivity index (χ3v) is 7.15. The van der Waals surface area contributed by atoms with E-state index in [0.717, 1.165) is 21.4 Å². The summed E-state index contributed by atoms with van der Waals surface area (Å²) in [5, 5.41) is 3.12. The molecule has 1 atom stereocenters. The zero-order chi connectivity index (χ0) is 24.2. The SMILES string of the molecule is Cc1c(C(=O)OCCc2ccccc2)sc2ncn(C(C)C(=O)Nc3ccc(Br)cc3)c(=O)c12. The fourth-order valence-corrected chi connectivity index (χ4v) is 4.78. The van der Waals surface area contributed by atoms with Crippen LogP contribution in [0.15, 0.2) is 70.2 Å². The highest BCUT2D eigenvalue weighted by atomic mass is 79.9. The van der Waals surface area contributed by atoms with Crippen molar-refractivity contribution in [1.82, 2.24) is 9.55 Å². The molecular formula is C25H22BrN3O4S. The highest BCUT2D eigenvalue weighted by Gasteiger charge is 2.23. The topological polar surface area (TPSA) is 90.3 Å². The summed E-state index contributed by atoms with van der Waals surface area (Å²) in [6, 6.07) is 16.1. The molecule has 2 aromatic heterocycles. The second-order valence-electron chi connectivity index (χ2n) is 7.74. The van der Waals surface area contributed by atoms with Crippen molar-refractivity contribution in [3.63, 3.8) is 0 Å². The van der Waals surface area contributed by atoms with Gasteiger partial charge in [0.2, 0.25) is 5.91 Å². The van der Waals surface area contributed by atoms with Crippen LogP contribution in [-0.4, -0.2) is 28.0 Å². The molecule has 0 radical (unpaired) electrons. The van der Waals surface area contributed by atoms with Crippen LogP contribution in [0.1, 0.15) is 33.8 Å². The normalized spacial score (nSPS) is 11.9. The van der Waals surface area contributed by atoms with E-state index < -0.39 is 12.0 Å². The van der Waals surface area contributed by atoms with E-state index in [9.17, 15) is 14.4 Å². The van der Waals surface area contributed by atoms with E-state index in [0.29, 0.717) is 32.8 Å². The molecule has 0 bridgehead atoms. The first-order chi connectivity index (χ1) is 16.3. The highest BCUT2D eigenvalue weighted by Crippen LogP contribution is 2.28. The number of rotatable bonds is 7. The number of anilines is 1. The standard InChI is InChI=1S/C25H22BrN3O4S/c1-15-20-23(34-21(15)25(32)33-13-12-17-6-4-3-5-7-17)27-14-29(24(20)31)16(2)22(30)28-19-10-8-18(26)9-11-19/h3-11,14,16H,12-13H2,1-2H3,(H,28,30). The van der Waals surface area contributed by atoms with Crippen molar-refractivity contribution in [2.45, 2.75) is 26.3 Å². The zero-order valence-electron chi connectivity index (χ0n) is 18.6. The monoisotopic (exact) mass is 539 g/mol. The van der Waals surface area contributed by atoms with Crippen molar-refractivity contribution in [2.75, 3.05) is 11.9 Å². The van der Waals surface area contributed by atoms with Crippen molar-refractivity contribution < 1.29 is 14.3 Å². The van der Waals surface area contributed by atoms with Crippen molar-refractivity contribution in [3.05, 3.63) is 91.8 Å². The molecular weight excluding hydrogens is 518 g/mol. The van der Waals surface area contributed by atoms with Gasteiger partial charge < -0.3 is 10.1 Å². The molecule has 0 aliphatic carbocycles. The molecule has 4 rings (SSSR count). The maximum atomic E-state index is 13.2. The zero-order valence-corrected chi connectivity index (χ0v) is 21.0. The number of aryl methyl sites for hydroxylation is 1. The number of hydrogen-bond donors (Lipinski definition) is 1. The number of ether oxygens (including phenoxy) is 1. The van der Waals surface area contributed by atoms with Crippen molar-refractivity contribution in [1.29, 1.82) is 0 Å². The number of nitrogens with one attached hydrogen (secondary N) is 1. The summed E-state index contributed by atoms with van der Waals surface area (Å²) in [7, 11) is 0. The minimum absolute atomic E-state index is 0.238. The average Bonchev–Trinajstić information content (AvgIpc) is 3.18. The summed E-state index contributed by atoms with van der Waals surface area (Å²) < 4.78 is 7.61. The Morgan fingerprint density at radius 1 is 1.15 bits per heavy atom. The van der Waals surface area contributed by atoms with Crippen LogP contribution in [0.2, 0.25) is 0 Å². The van der Waals surface area contributed by atoms with Crippen LogP contribution >= 0.6 is 27.3 Å². The number of hydrogen-bond acceptors (Lipinski definition) is 6. The van der Waals surface area contributed by atoms with Crippen LogP contribution in [0.25, 0.3) is 10.2 Å². The minimum Gasteiger partial charge on any atom is -0.461 e. The van der Waals surface area contributed by atoms with Crippen LogP contribution in [0.3, 0.4) is 0 Å². The molecule has 0 saturated carbocycles. The Bertz CT molecular complexity index is 1400. The van der Waals surface area contributed by atoms with Crippen LogP contribution < -0.4 is 10.9 Å². The quantitative estimate of drug-likeness (QED) is 0.329. The maximum Gasteiger partial charge on any atom is 0.348 e. The van der Waals surface area contributed by atoms with E-state index >= 15 is 0 Å². The molecule has 7 nitrogen and oxygen atoms in total. The molecule has 0 aliphatic heterocycles. The number of halogens is 1. The Morgan fingerprint density at radius 2 is 1.85 bits per heavy atom. The number of carbonyl (C=O) groups excluding carboxylic acids is 2. The van der Waals surface area contributed by atoms with Crippen LogP contribution in [0, 0.1) is 6.92 Å². The van der Waals surface area contributed by atoms with Gasteiger partial charge in [0.25, 0.3) is 5.56 Å². The van der Waals surface area contributed by atoms with Gasteiger partial charge in [0, 0.05) is 16.6 Å². The summed E-state index contributed by atoms with van der Waals surface area (Å²) in [6.45, 7) is 3.57. The summed E-state index contributed by atoms with van der Waals surface area (Å²) >= 11 is 4.48. The second-order valence-corrected chi connectivity index (χ2v) is 9.65. The molecule has 2 heterocycles. The van der Waals surface area contributed by atoms with E-state index in [1.807, 2.05) is 42.5 Å². The molecule has 1 amide bonds. The lowest BCUT2D eigenvalue weighted by Gasteiger charge is -2.15. The van der Waals surface area contributed by atoms with Crippen molar-refractivity contribution in [2.24, 2.45) is 0 Å². The molecule has 0 saturated heterocycles. The lowest BCUT2D eigenvalue weighted by Crippen LogP contribution is -2.31. The Hall–Kier alpha value is -3.30. The predicted octanol–water partition coefficient (Wildman–Crippen LogP) is 5.13. The van der Waals surface area contributed by atoms with Gasteiger partial charge in [-0.15, -0.1) is 11.3 Å². The van der Waals surface area contributed by atoms with Gasteiger partial charge in [0.15, 0.2) is 0 Å². The molecule has 0 spiro atoms. The molecule has 1 unspecified atom stereocenters. The van der Waals surface area contributed by atoms with Crippen LogP contribution in [0.5, 0.6) is 0 Å². The average molecular weight is 540 g/mol. The molecule has 0 aliphatic rings. The van der Waals surface area contributed by atoms with Gasteiger partial charge in [0.1, 0.15) is 15.7 Å².